The molecule has 0 aliphatic heterocycles. The average Bonchev–Trinajstić information content (AvgIpc) is 2.84. The number of aromatic amines is 1. The normalized spacial score (nSPS) is 11.6. The van der Waals surface area contributed by atoms with Crippen molar-refractivity contribution in [1.82, 2.24) is 9.55 Å². The molecule has 0 saturated heterocycles. The molecule has 130 valence electrons. The first-order valence-corrected chi connectivity index (χ1v) is 9.43. The molecule has 0 fully saturated rings. The molecule has 3 rings (SSSR count). The number of fused-ring (bicyclic) bond motifs is 1. The molecule has 1 aromatic heterocycles. The molecule has 8 heteroatoms. The zero-order chi connectivity index (χ0) is 18.2. The number of para-hydroxylation sites is 2. The number of hydrogen-bond acceptors (Lipinski definition) is 4. The molecule has 1 heterocycles. The first kappa shape index (κ1) is 17.0. The van der Waals surface area contributed by atoms with E-state index in [4.69, 9.17) is 0 Å². The highest BCUT2D eigenvalue weighted by molar-refractivity contribution is 7.90. The quantitative estimate of drug-likeness (QED) is 0.740. The highest BCUT2D eigenvalue weighted by atomic mass is 32.2. The number of imidazole rings is 1. The van der Waals surface area contributed by atoms with Crippen molar-refractivity contribution >= 4 is 32.5 Å². The zero-order valence-corrected chi connectivity index (χ0v) is 14.6. The van der Waals surface area contributed by atoms with E-state index in [1.54, 1.807) is 43.3 Å². The van der Waals surface area contributed by atoms with Gasteiger partial charge in [0.05, 0.1) is 15.9 Å². The van der Waals surface area contributed by atoms with Gasteiger partial charge in [0.25, 0.3) is 0 Å². The number of carbonyl (C=O) groups excluding carboxylic acids is 1. The number of benzene rings is 2. The van der Waals surface area contributed by atoms with Crippen LogP contribution in [0.5, 0.6) is 0 Å². The van der Waals surface area contributed by atoms with Crippen molar-refractivity contribution < 1.29 is 13.2 Å². The van der Waals surface area contributed by atoms with Crippen molar-refractivity contribution in [3.8, 4) is 0 Å². The Labute approximate surface area is 144 Å². The summed E-state index contributed by atoms with van der Waals surface area (Å²) in [5.41, 5.74) is 1.87. The third kappa shape index (κ3) is 3.48. The van der Waals surface area contributed by atoms with Crippen LogP contribution in [0.15, 0.2) is 52.2 Å². The maximum atomic E-state index is 12.3. The number of H-pyrrole nitrogens is 1. The minimum Gasteiger partial charge on any atom is -0.324 e. The second kappa shape index (κ2) is 6.21. The van der Waals surface area contributed by atoms with Crippen LogP contribution in [0.3, 0.4) is 0 Å². The van der Waals surface area contributed by atoms with E-state index >= 15 is 0 Å². The topological polar surface area (TPSA) is 101 Å². The molecule has 0 aliphatic rings. The summed E-state index contributed by atoms with van der Waals surface area (Å²) in [5.74, 6) is -0.421. The molecule has 7 nitrogen and oxygen atoms in total. The Kier molecular flexibility index (Phi) is 4.22. The summed E-state index contributed by atoms with van der Waals surface area (Å²) in [6.07, 6.45) is 1.12. The van der Waals surface area contributed by atoms with Crippen LogP contribution < -0.4 is 11.0 Å². The first-order chi connectivity index (χ1) is 11.8. The molecule has 0 saturated carbocycles. The largest absolute Gasteiger partial charge is 0.326 e. The summed E-state index contributed by atoms with van der Waals surface area (Å²) in [6.45, 7) is 1.51. The molecule has 2 aromatic carbocycles. The summed E-state index contributed by atoms with van der Waals surface area (Å²) < 4.78 is 24.9. The predicted octanol–water partition coefficient (Wildman–Crippen LogP) is 1.68. The molecule has 2 N–H and O–H groups in total. The summed E-state index contributed by atoms with van der Waals surface area (Å²) in [7, 11) is -3.39. The van der Waals surface area contributed by atoms with E-state index in [0.717, 1.165) is 6.26 Å². The standard InChI is InChI=1S/C17H17N3O4S/c1-11-7-8-12(9-15(11)25(2,23)24)18-16(21)10-20-14-6-4-3-5-13(14)19-17(20)22/h3-9H,10H2,1-2H3,(H,18,21)(H,19,22). The maximum Gasteiger partial charge on any atom is 0.326 e. The molecular weight excluding hydrogens is 342 g/mol. The minimum absolute atomic E-state index is 0.162. The number of anilines is 1. The smallest absolute Gasteiger partial charge is 0.324 e. The molecule has 0 radical (unpaired) electrons. The first-order valence-electron chi connectivity index (χ1n) is 7.54. The molecule has 0 bridgehead atoms. The van der Waals surface area contributed by atoms with Gasteiger partial charge in [0, 0.05) is 11.9 Å². The van der Waals surface area contributed by atoms with E-state index < -0.39 is 15.7 Å². The third-order valence-electron chi connectivity index (χ3n) is 3.85. The van der Waals surface area contributed by atoms with Crippen LogP contribution in [0, 0.1) is 6.92 Å². The van der Waals surface area contributed by atoms with E-state index in [0.29, 0.717) is 22.3 Å². The Bertz CT molecular complexity index is 1130. The number of hydrogen-bond donors (Lipinski definition) is 2. The maximum absolute atomic E-state index is 12.3. The Morgan fingerprint density at radius 2 is 1.92 bits per heavy atom. The lowest BCUT2D eigenvalue weighted by atomic mass is 10.2. The van der Waals surface area contributed by atoms with Gasteiger partial charge in [-0.25, -0.2) is 13.2 Å². The van der Waals surface area contributed by atoms with Crippen molar-refractivity contribution in [2.45, 2.75) is 18.4 Å². The lowest BCUT2D eigenvalue weighted by molar-refractivity contribution is -0.116. The van der Waals surface area contributed by atoms with Crippen LogP contribution in [0.25, 0.3) is 11.0 Å². The molecule has 0 unspecified atom stereocenters. The lowest BCUT2D eigenvalue weighted by Crippen LogP contribution is -2.25. The van der Waals surface area contributed by atoms with Gasteiger partial charge in [-0.2, -0.15) is 0 Å². The van der Waals surface area contributed by atoms with Gasteiger partial charge in [0.2, 0.25) is 5.91 Å². The number of nitrogens with zero attached hydrogens (tertiary/aromatic N) is 1. The zero-order valence-electron chi connectivity index (χ0n) is 13.7. The Balaban J connectivity index is 1.86. The van der Waals surface area contributed by atoms with E-state index in [-0.39, 0.29) is 17.1 Å². The lowest BCUT2D eigenvalue weighted by Gasteiger charge is -2.09. The van der Waals surface area contributed by atoms with Crippen LogP contribution in [-0.4, -0.2) is 30.1 Å². The molecule has 1 amide bonds. The Hall–Kier alpha value is -2.87. The monoisotopic (exact) mass is 359 g/mol. The Morgan fingerprint density at radius 1 is 1.20 bits per heavy atom. The second-order valence-electron chi connectivity index (χ2n) is 5.83. The van der Waals surface area contributed by atoms with Gasteiger partial charge < -0.3 is 10.3 Å². The fourth-order valence-electron chi connectivity index (χ4n) is 2.69. The van der Waals surface area contributed by atoms with Crippen molar-refractivity contribution in [2.24, 2.45) is 0 Å². The van der Waals surface area contributed by atoms with Gasteiger partial charge >= 0.3 is 5.69 Å². The van der Waals surface area contributed by atoms with E-state index in [9.17, 15) is 18.0 Å². The Morgan fingerprint density at radius 3 is 2.64 bits per heavy atom. The van der Waals surface area contributed by atoms with Crippen LogP contribution in [0.1, 0.15) is 5.56 Å². The number of carbonyl (C=O) groups is 1. The molecule has 0 spiro atoms. The van der Waals surface area contributed by atoms with Crippen molar-refractivity contribution in [1.29, 1.82) is 0 Å². The summed E-state index contributed by atoms with van der Waals surface area (Å²) in [5, 5.41) is 2.63. The SMILES string of the molecule is Cc1ccc(NC(=O)Cn2c(=O)[nH]c3ccccc32)cc1S(C)(=O)=O. The highest BCUT2D eigenvalue weighted by Gasteiger charge is 2.14. The van der Waals surface area contributed by atoms with Gasteiger partial charge in [-0.15, -0.1) is 0 Å². The summed E-state index contributed by atoms with van der Waals surface area (Å²) in [6, 6.07) is 11.7. The molecule has 0 atom stereocenters. The summed E-state index contributed by atoms with van der Waals surface area (Å²) in [4.78, 5) is 27.1. The second-order valence-corrected chi connectivity index (χ2v) is 7.82. The third-order valence-corrected chi connectivity index (χ3v) is 5.09. The van der Waals surface area contributed by atoms with Crippen molar-refractivity contribution in [3.05, 3.63) is 58.5 Å². The summed E-state index contributed by atoms with van der Waals surface area (Å²) >= 11 is 0. The van der Waals surface area contributed by atoms with Crippen LogP contribution in [0.4, 0.5) is 5.69 Å². The molecule has 25 heavy (non-hydrogen) atoms. The van der Waals surface area contributed by atoms with Crippen LogP contribution in [-0.2, 0) is 21.2 Å². The van der Waals surface area contributed by atoms with E-state index in [2.05, 4.69) is 10.3 Å². The molecule has 3 aromatic rings. The van der Waals surface area contributed by atoms with Gasteiger partial charge in [0.15, 0.2) is 9.84 Å². The number of nitrogens with one attached hydrogen (secondary N) is 2. The van der Waals surface area contributed by atoms with Gasteiger partial charge in [-0.1, -0.05) is 18.2 Å². The number of amides is 1. The number of rotatable bonds is 4. The van der Waals surface area contributed by atoms with Gasteiger partial charge in [-0.05, 0) is 36.8 Å². The van der Waals surface area contributed by atoms with Crippen molar-refractivity contribution in [2.75, 3.05) is 11.6 Å². The predicted molar refractivity (Wildman–Crippen MR) is 95.5 cm³/mol. The van der Waals surface area contributed by atoms with E-state index in [1.165, 1.54) is 10.6 Å². The fraction of sp³-hybridized carbons (Fsp3) is 0.176. The van der Waals surface area contributed by atoms with Crippen LogP contribution in [0.2, 0.25) is 0 Å². The average molecular weight is 359 g/mol. The van der Waals surface area contributed by atoms with Crippen molar-refractivity contribution in [3.63, 3.8) is 0 Å². The van der Waals surface area contributed by atoms with Gasteiger partial charge in [-0.3, -0.25) is 9.36 Å². The molecule has 0 aliphatic carbocycles. The minimum atomic E-state index is -3.39. The molecular formula is C17H17N3O4S. The number of aryl methyl sites for hydroxylation is 1. The van der Waals surface area contributed by atoms with E-state index in [1.807, 2.05) is 0 Å². The van der Waals surface area contributed by atoms with Gasteiger partial charge in [0.1, 0.15) is 6.54 Å². The highest BCUT2D eigenvalue weighted by Crippen LogP contribution is 2.20. The number of aromatic nitrogens is 2. The number of sulfone groups is 1. The fourth-order valence-corrected chi connectivity index (χ4v) is 3.68. The van der Waals surface area contributed by atoms with Crippen LogP contribution >= 0.6 is 0 Å².